The van der Waals surface area contributed by atoms with E-state index in [2.05, 4.69) is 18.8 Å². The molecule has 0 radical (unpaired) electrons. The van der Waals surface area contributed by atoms with Gasteiger partial charge in [-0.1, -0.05) is 319 Å². The maximum Gasteiger partial charge on any atom is 0.330 e. The van der Waals surface area contributed by atoms with Crippen LogP contribution in [0.5, 0.6) is 23.0 Å². The number of H-pyrrole nitrogens is 1. The van der Waals surface area contributed by atoms with E-state index in [0.29, 0.717) is 58.5 Å². The fourth-order valence-electron chi connectivity index (χ4n) is 14.9. The third-order valence-corrected chi connectivity index (χ3v) is 21.2. The van der Waals surface area contributed by atoms with E-state index >= 15 is 0 Å². The van der Waals surface area contributed by atoms with E-state index in [1.54, 1.807) is 56.7 Å². The highest BCUT2D eigenvalue weighted by molar-refractivity contribution is 5.84. The molecule has 1 aliphatic heterocycles. The van der Waals surface area contributed by atoms with Gasteiger partial charge in [-0.05, 0) is 78.8 Å². The minimum absolute atomic E-state index is 0.156. The molecular weight excluding hydrogens is 1270 g/mol. The highest BCUT2D eigenvalue weighted by Crippen LogP contribution is 2.53. The van der Waals surface area contributed by atoms with Gasteiger partial charge in [0.1, 0.15) is 51.9 Å². The molecule has 4 aromatic carbocycles. The molecule has 0 bridgehead atoms. The van der Waals surface area contributed by atoms with Crippen molar-refractivity contribution in [2.45, 2.75) is 320 Å². The third-order valence-electron chi connectivity index (χ3n) is 21.2. The number of aryl methyl sites for hydroxylation is 1. The first-order chi connectivity index (χ1) is 49.2. The summed E-state index contributed by atoms with van der Waals surface area (Å²) < 4.78 is 39.4. The Bertz CT molecular complexity index is 3120. The minimum atomic E-state index is -2.61. The normalized spacial score (nSPS) is 15.9. The van der Waals surface area contributed by atoms with Gasteiger partial charge in [0.15, 0.2) is 0 Å². The van der Waals surface area contributed by atoms with Crippen LogP contribution in [0.4, 0.5) is 0 Å². The van der Waals surface area contributed by atoms with Gasteiger partial charge < -0.3 is 43.7 Å². The van der Waals surface area contributed by atoms with Gasteiger partial charge in [0.05, 0.1) is 40.5 Å². The largest absolute Gasteiger partial charge is 0.497 e. The highest BCUT2D eigenvalue weighted by atomic mass is 16.6. The Kier molecular flexibility index (Phi) is 39.5. The lowest BCUT2D eigenvalue weighted by Crippen LogP contribution is -2.61. The van der Waals surface area contributed by atoms with E-state index in [9.17, 15) is 34.5 Å². The van der Waals surface area contributed by atoms with E-state index < -0.39 is 78.0 Å². The van der Waals surface area contributed by atoms with Crippen molar-refractivity contribution in [3.63, 3.8) is 0 Å². The summed E-state index contributed by atoms with van der Waals surface area (Å²) in [6.07, 6.45) is 47.2. The number of methoxy groups -OCH3 is 2. The second-order valence-corrected chi connectivity index (χ2v) is 29.0. The summed E-state index contributed by atoms with van der Waals surface area (Å²) in [5.74, 6) is -1.09. The van der Waals surface area contributed by atoms with Gasteiger partial charge >= 0.3 is 17.6 Å². The number of hydrogen-bond acceptors (Lipinski definition) is 11. The van der Waals surface area contributed by atoms with Crippen LogP contribution in [0.15, 0.2) is 113 Å². The summed E-state index contributed by atoms with van der Waals surface area (Å²) >= 11 is 0. The van der Waals surface area contributed by atoms with Crippen molar-refractivity contribution in [1.29, 1.82) is 0 Å². The summed E-state index contributed by atoms with van der Waals surface area (Å²) in [6.45, 7) is 6.31. The number of ether oxygens (including phenoxy) is 6. The zero-order valence-electron chi connectivity index (χ0n) is 62.9. The quantitative estimate of drug-likeness (QED) is 0.0212. The topological polar surface area (TPSA) is 205 Å². The lowest BCUT2D eigenvalue weighted by atomic mass is 9.62. The smallest absolute Gasteiger partial charge is 0.330 e. The van der Waals surface area contributed by atoms with Crippen LogP contribution in [-0.4, -0.2) is 82.6 Å². The van der Waals surface area contributed by atoms with Crippen molar-refractivity contribution in [3.8, 4) is 23.0 Å². The Hall–Kier alpha value is -6.42. The number of rotatable bonds is 59. The molecule has 0 saturated carbocycles. The number of aromatic nitrogens is 2. The first kappa shape index (κ1) is 83.5. The van der Waals surface area contributed by atoms with Crippen molar-refractivity contribution in [1.82, 2.24) is 9.55 Å². The molecule has 0 amide bonds. The molecule has 4 atom stereocenters. The average molecular weight is 1400 g/mol. The van der Waals surface area contributed by atoms with E-state index in [1.165, 1.54) is 225 Å². The Balaban J connectivity index is 1.17. The Morgan fingerprint density at radius 3 is 1.31 bits per heavy atom. The van der Waals surface area contributed by atoms with E-state index in [4.69, 9.17) is 28.4 Å². The van der Waals surface area contributed by atoms with Crippen molar-refractivity contribution in [2.24, 2.45) is 5.41 Å². The Morgan fingerprint density at radius 1 is 0.525 bits per heavy atom. The first-order valence-corrected chi connectivity index (χ1v) is 39.8. The van der Waals surface area contributed by atoms with Crippen molar-refractivity contribution >= 4 is 11.9 Å². The maximum atomic E-state index is 14.7. The lowest BCUT2D eigenvalue weighted by Gasteiger charge is -2.45. The summed E-state index contributed by atoms with van der Waals surface area (Å²) in [5, 5.41) is 36.9. The summed E-state index contributed by atoms with van der Waals surface area (Å²) in [5.41, 5.74) is -5.76. The molecule has 1 aromatic heterocycles. The number of carbonyl (C=O) groups is 2. The van der Waals surface area contributed by atoms with Gasteiger partial charge in [0.25, 0.3) is 5.56 Å². The average Bonchev–Trinajstić information content (AvgIpc) is 1.65. The molecule has 1 fully saturated rings. The zero-order valence-corrected chi connectivity index (χ0v) is 62.9. The Labute approximate surface area is 606 Å². The Morgan fingerprint density at radius 2 is 0.911 bits per heavy atom. The predicted octanol–water partition coefficient (Wildman–Crippen LogP) is 21.1. The van der Waals surface area contributed by atoms with Crippen LogP contribution in [0.2, 0.25) is 0 Å². The van der Waals surface area contributed by atoms with E-state index in [1.807, 2.05) is 54.6 Å². The molecule has 2 heterocycles. The molecule has 0 aliphatic carbocycles. The summed E-state index contributed by atoms with van der Waals surface area (Å²) in [6, 6.07) is 29.2. The molecular formula is C86H130N2O13. The second-order valence-electron chi connectivity index (χ2n) is 29.0. The fraction of sp³-hybridized carbons (Fsp3) is 0.651. The SMILES string of the molecule is CCCCCCCCCCCCCCCCCCCCCCOc1ccc(CC(CC(=O)O)(C(=O)O)[C@]2(O)C[C@H](n3cc(C)c(=O)[nH]c3=O)O[C@@H]2COC(c2ccccc2)(c2ccc(OC)cc2)c2ccc(OC)cc2)c(OCCCCCCCCCCCCCCCCCCCCCC)c1. The third kappa shape index (κ3) is 27.6. The number of nitrogens with zero attached hydrogens (tertiary/aromatic N) is 1. The van der Waals surface area contributed by atoms with Crippen LogP contribution < -0.4 is 30.2 Å². The number of aliphatic carboxylic acids is 2. The van der Waals surface area contributed by atoms with Crippen LogP contribution in [0.1, 0.15) is 318 Å². The van der Waals surface area contributed by atoms with Gasteiger partial charge in [0.2, 0.25) is 0 Å². The van der Waals surface area contributed by atoms with Gasteiger partial charge in [-0.25, -0.2) is 4.79 Å². The molecule has 1 saturated heterocycles. The zero-order chi connectivity index (χ0) is 72.2. The number of unbranched alkanes of at least 4 members (excludes halogenated alkanes) is 38. The van der Waals surface area contributed by atoms with Crippen LogP contribution in [-0.2, 0) is 31.1 Å². The summed E-state index contributed by atoms with van der Waals surface area (Å²) in [4.78, 5) is 57.2. The van der Waals surface area contributed by atoms with Gasteiger partial charge in [-0.15, -0.1) is 0 Å². The summed E-state index contributed by atoms with van der Waals surface area (Å²) in [7, 11) is 3.14. The van der Waals surface area contributed by atoms with Crippen LogP contribution in [0.25, 0.3) is 0 Å². The van der Waals surface area contributed by atoms with Gasteiger partial charge in [0, 0.05) is 24.2 Å². The van der Waals surface area contributed by atoms with E-state index in [-0.39, 0.29) is 5.56 Å². The first-order valence-electron chi connectivity index (χ1n) is 39.8. The molecule has 4 N–H and O–H groups in total. The lowest BCUT2D eigenvalue weighted by molar-refractivity contribution is -0.194. The van der Waals surface area contributed by atoms with Crippen LogP contribution in [0, 0.1) is 12.3 Å². The molecule has 562 valence electrons. The van der Waals surface area contributed by atoms with Crippen LogP contribution >= 0.6 is 0 Å². The number of benzene rings is 4. The molecule has 6 rings (SSSR count). The fourth-order valence-corrected chi connectivity index (χ4v) is 14.9. The monoisotopic (exact) mass is 1400 g/mol. The molecule has 101 heavy (non-hydrogen) atoms. The van der Waals surface area contributed by atoms with E-state index in [0.717, 1.165) is 49.5 Å². The number of carboxylic acid groups (broad SMARTS) is 2. The molecule has 0 spiro atoms. The minimum Gasteiger partial charge on any atom is -0.497 e. The molecule has 15 heteroatoms. The number of aromatic amines is 1. The van der Waals surface area contributed by atoms with Crippen LogP contribution in [0.3, 0.4) is 0 Å². The standard InChI is InChI=1S/C86H130N2O13/c1-6-8-10-12-14-16-18-20-22-24-26-28-30-32-34-36-38-40-42-47-61-98-76-56-51-70(77(63-76)99-62-48-43-41-39-37-35-33-31-29-27-25-23-21-19-17-15-13-11-9-7-2)64-84(82(92)93,66-80(89)90)85(95)65-79(88-67-69(3)81(91)87-83(88)94)101-78(85)68-100-86(71-49-45-44-46-50-71,72-52-57-74(96-4)58-53-72)73-54-59-75(97-5)60-55-73/h44-46,49-60,63,67,78-79,95H,6-43,47-48,61-62,64-66,68H2,1-5H3,(H,89,90)(H,92,93)(H,87,91,94)/t78-,79-,84?,85+/m1/s1. The highest BCUT2D eigenvalue weighted by Gasteiger charge is 2.66. The molecule has 15 nitrogen and oxygen atoms in total. The number of carboxylic acids is 2. The van der Waals surface area contributed by atoms with Crippen molar-refractivity contribution in [3.05, 3.63) is 152 Å². The molecule has 1 unspecified atom stereocenters. The van der Waals surface area contributed by atoms with Gasteiger partial charge in [-0.3, -0.25) is 23.9 Å². The maximum absolute atomic E-state index is 14.7. The van der Waals surface area contributed by atoms with Crippen molar-refractivity contribution < 1.29 is 53.3 Å². The number of nitrogens with one attached hydrogen (secondary N) is 1. The number of hydrogen-bond donors (Lipinski definition) is 4. The number of aliphatic hydroxyl groups is 1. The van der Waals surface area contributed by atoms with Crippen molar-refractivity contribution in [2.75, 3.05) is 34.0 Å². The molecule has 5 aromatic rings. The predicted molar refractivity (Wildman–Crippen MR) is 407 cm³/mol. The molecule has 1 aliphatic rings. The second kappa shape index (κ2) is 47.8. The van der Waals surface area contributed by atoms with Gasteiger partial charge in [-0.2, -0.15) is 0 Å².